The first-order chi connectivity index (χ1) is 18.1. The summed E-state index contributed by atoms with van der Waals surface area (Å²) < 4.78 is 56.8. The van der Waals surface area contributed by atoms with E-state index in [-0.39, 0.29) is 29.4 Å². The van der Waals surface area contributed by atoms with Gasteiger partial charge in [-0.05, 0) is 56.0 Å². The summed E-state index contributed by atoms with van der Waals surface area (Å²) >= 11 is 1.36. The van der Waals surface area contributed by atoms with Gasteiger partial charge in [0.1, 0.15) is 0 Å². The molecule has 0 aliphatic rings. The first kappa shape index (κ1) is 29.6. The number of anilines is 1. The van der Waals surface area contributed by atoms with Crippen molar-refractivity contribution in [2.45, 2.75) is 25.2 Å². The van der Waals surface area contributed by atoms with Crippen LogP contribution < -0.4 is 4.67 Å². The van der Waals surface area contributed by atoms with Crippen LogP contribution in [0, 0.1) is 6.92 Å². The quantitative estimate of drug-likeness (QED) is 0.108. The molecule has 202 valence electrons. The van der Waals surface area contributed by atoms with Crippen LogP contribution in [0.3, 0.4) is 0 Å². The van der Waals surface area contributed by atoms with E-state index in [1.165, 1.54) is 37.7 Å². The number of hydrogen-bond donors (Lipinski definition) is 0. The minimum atomic E-state index is -4.09. The number of rotatable bonds is 12. The fourth-order valence-corrected chi connectivity index (χ4v) is 6.83. The molecular formula is C27H30NO7PS2. The molecule has 38 heavy (non-hydrogen) atoms. The molecule has 8 nitrogen and oxygen atoms in total. The summed E-state index contributed by atoms with van der Waals surface area (Å²) in [5.74, 6) is -1.05. The Morgan fingerprint density at radius 3 is 2.21 bits per heavy atom. The fraction of sp³-hybridized carbons (Fsp3) is 0.259. The van der Waals surface area contributed by atoms with Gasteiger partial charge >= 0.3 is 13.7 Å². The van der Waals surface area contributed by atoms with E-state index in [4.69, 9.17) is 13.8 Å². The zero-order chi connectivity index (χ0) is 27.8. The number of ether oxygens (including phenoxy) is 1. The first-order valence-electron chi connectivity index (χ1n) is 11.7. The van der Waals surface area contributed by atoms with Crippen LogP contribution in [0.25, 0.3) is 5.57 Å². The molecule has 0 amide bonds. The third-order valence-electron chi connectivity index (χ3n) is 5.48. The number of aryl methyl sites for hydroxylation is 1. The van der Waals surface area contributed by atoms with Crippen molar-refractivity contribution >= 4 is 46.2 Å². The second-order valence-corrected chi connectivity index (χ2v) is 13.1. The molecule has 0 bridgehead atoms. The lowest BCUT2D eigenvalue weighted by atomic mass is 10.1. The van der Waals surface area contributed by atoms with E-state index in [1.807, 2.05) is 18.4 Å². The Morgan fingerprint density at radius 2 is 1.66 bits per heavy atom. The molecule has 0 N–H and O–H groups in total. The standard InChI is InChI=1S/C27H30NO7PS2/c1-5-35-27(29)25(28(36(30,33-3)34-4)23-15-13-21(2)14-16-23)20-22(26-12-9-18-37-26)17-19-38(31,32)24-10-7-6-8-11-24/h6-16,18H,5,17,19H2,1-4H3. The van der Waals surface area contributed by atoms with Crippen LogP contribution in [0.2, 0.25) is 0 Å². The molecule has 0 saturated carbocycles. The SMILES string of the molecule is CCOC(=O)C(=C=C(CCS(=O)(=O)c1ccccc1)c1cccs1)N(c1ccc(C)cc1)P(=O)(OC)OC. The third-order valence-corrected chi connectivity index (χ3v) is 9.98. The van der Waals surface area contributed by atoms with Crippen molar-refractivity contribution in [2.24, 2.45) is 0 Å². The van der Waals surface area contributed by atoms with Crippen LogP contribution in [0.4, 0.5) is 5.69 Å². The van der Waals surface area contributed by atoms with Crippen molar-refractivity contribution in [3.05, 3.63) is 94.0 Å². The Bertz CT molecular complexity index is 1440. The van der Waals surface area contributed by atoms with Crippen LogP contribution in [0.5, 0.6) is 0 Å². The number of sulfone groups is 1. The summed E-state index contributed by atoms with van der Waals surface area (Å²) in [7, 11) is -5.29. The minimum Gasteiger partial charge on any atom is -0.461 e. The Labute approximate surface area is 227 Å². The van der Waals surface area contributed by atoms with Crippen molar-refractivity contribution < 1.29 is 31.6 Å². The largest absolute Gasteiger partial charge is 0.461 e. The van der Waals surface area contributed by atoms with E-state index in [0.29, 0.717) is 16.1 Å². The van der Waals surface area contributed by atoms with Crippen molar-refractivity contribution in [3.63, 3.8) is 0 Å². The highest BCUT2D eigenvalue weighted by molar-refractivity contribution is 7.91. The van der Waals surface area contributed by atoms with E-state index >= 15 is 0 Å². The molecule has 1 heterocycles. The molecule has 0 spiro atoms. The van der Waals surface area contributed by atoms with E-state index in [0.717, 1.165) is 10.2 Å². The maximum atomic E-state index is 13.8. The Morgan fingerprint density at radius 1 is 1.00 bits per heavy atom. The minimum absolute atomic E-state index is 0.0344. The third kappa shape index (κ3) is 7.11. The molecule has 0 atom stereocenters. The van der Waals surface area contributed by atoms with Crippen LogP contribution in [-0.2, 0) is 33.0 Å². The highest BCUT2D eigenvalue weighted by atomic mass is 32.2. The Kier molecular flexibility index (Phi) is 10.3. The van der Waals surface area contributed by atoms with E-state index in [1.54, 1.807) is 55.5 Å². The lowest BCUT2D eigenvalue weighted by molar-refractivity contribution is -0.138. The van der Waals surface area contributed by atoms with E-state index in [9.17, 15) is 17.8 Å². The van der Waals surface area contributed by atoms with Gasteiger partial charge in [-0.15, -0.1) is 11.3 Å². The van der Waals surface area contributed by atoms with Crippen LogP contribution in [0.1, 0.15) is 23.8 Å². The monoisotopic (exact) mass is 575 g/mol. The molecule has 11 heteroatoms. The summed E-state index contributed by atoms with van der Waals surface area (Å²) in [5, 5.41) is 1.83. The molecule has 0 fully saturated rings. The molecular weight excluding hydrogens is 545 g/mol. The number of nitrogens with zero attached hydrogens (tertiary/aromatic N) is 1. The van der Waals surface area contributed by atoms with Gasteiger partial charge in [-0.25, -0.2) is 22.4 Å². The maximum absolute atomic E-state index is 13.8. The molecule has 0 saturated heterocycles. The van der Waals surface area contributed by atoms with E-state index < -0.39 is 23.6 Å². The van der Waals surface area contributed by atoms with Gasteiger partial charge in [0.2, 0.25) is 0 Å². The smallest absolute Gasteiger partial charge is 0.439 e. The topological polar surface area (TPSA) is 99.2 Å². The average molecular weight is 576 g/mol. The van der Waals surface area contributed by atoms with Gasteiger partial charge in [-0.3, -0.25) is 9.05 Å². The number of thiophene rings is 1. The van der Waals surface area contributed by atoms with Gasteiger partial charge in [0.25, 0.3) is 0 Å². The lowest BCUT2D eigenvalue weighted by Gasteiger charge is -2.30. The Balaban J connectivity index is 2.26. The summed E-state index contributed by atoms with van der Waals surface area (Å²) in [6, 6.07) is 18.7. The molecule has 1 aromatic heterocycles. The molecule has 0 radical (unpaired) electrons. The molecule has 0 aliphatic heterocycles. The first-order valence-corrected chi connectivity index (χ1v) is 15.7. The number of benzene rings is 2. The average Bonchev–Trinajstić information content (AvgIpc) is 3.46. The summed E-state index contributed by atoms with van der Waals surface area (Å²) in [4.78, 5) is 14.2. The highest BCUT2D eigenvalue weighted by Gasteiger charge is 2.38. The number of hydrogen-bond acceptors (Lipinski definition) is 8. The van der Waals surface area contributed by atoms with Crippen molar-refractivity contribution in [1.29, 1.82) is 0 Å². The zero-order valence-corrected chi connectivity index (χ0v) is 24.1. The maximum Gasteiger partial charge on any atom is 0.439 e. The van der Waals surface area contributed by atoms with Crippen LogP contribution in [-0.4, -0.2) is 41.0 Å². The van der Waals surface area contributed by atoms with Gasteiger partial charge in [0.05, 0.1) is 22.9 Å². The Hall–Kier alpha value is -2.97. The van der Waals surface area contributed by atoms with Crippen molar-refractivity contribution in [3.8, 4) is 0 Å². The molecule has 0 unspecified atom stereocenters. The van der Waals surface area contributed by atoms with E-state index in [2.05, 4.69) is 5.73 Å². The molecule has 2 aromatic carbocycles. The molecule has 0 aliphatic carbocycles. The predicted molar refractivity (Wildman–Crippen MR) is 150 cm³/mol. The molecule has 3 rings (SSSR count). The van der Waals surface area contributed by atoms with Crippen molar-refractivity contribution in [2.75, 3.05) is 31.2 Å². The van der Waals surface area contributed by atoms with Crippen molar-refractivity contribution in [1.82, 2.24) is 0 Å². The van der Waals surface area contributed by atoms with Gasteiger partial charge in [0.15, 0.2) is 15.5 Å². The second kappa shape index (κ2) is 13.2. The summed E-state index contributed by atoms with van der Waals surface area (Å²) in [6.07, 6.45) is 0.0344. The summed E-state index contributed by atoms with van der Waals surface area (Å²) in [6.45, 7) is 3.59. The second-order valence-electron chi connectivity index (χ2n) is 8.01. The zero-order valence-electron chi connectivity index (χ0n) is 21.6. The number of carbonyl (C=O) groups is 1. The highest BCUT2D eigenvalue weighted by Crippen LogP contribution is 2.55. The summed E-state index contributed by atoms with van der Waals surface area (Å²) in [5.41, 5.74) is 4.54. The van der Waals surface area contributed by atoms with Gasteiger partial charge in [-0.2, -0.15) is 0 Å². The normalized spacial score (nSPS) is 11.5. The number of esters is 1. The van der Waals surface area contributed by atoms with Gasteiger partial charge < -0.3 is 4.74 Å². The fourth-order valence-electron chi connectivity index (χ4n) is 3.53. The number of carbonyl (C=O) groups excluding carboxylic acids is 1. The lowest BCUT2D eigenvalue weighted by Crippen LogP contribution is -2.27. The van der Waals surface area contributed by atoms with Gasteiger partial charge in [-0.1, -0.05) is 47.7 Å². The van der Waals surface area contributed by atoms with Crippen LogP contribution >= 0.6 is 19.1 Å². The molecule has 3 aromatic rings. The predicted octanol–water partition coefficient (Wildman–Crippen LogP) is 6.26. The van der Waals surface area contributed by atoms with Crippen LogP contribution in [0.15, 0.2) is 88.4 Å². The van der Waals surface area contributed by atoms with Gasteiger partial charge in [0, 0.05) is 24.7 Å².